The molecule has 0 bridgehead atoms. The van der Waals surface area contributed by atoms with Crippen molar-refractivity contribution in [2.75, 3.05) is 13.1 Å². The molecule has 1 atom stereocenters. The van der Waals surface area contributed by atoms with Crippen molar-refractivity contribution in [2.24, 2.45) is 0 Å². The van der Waals surface area contributed by atoms with Gasteiger partial charge in [-0.2, -0.15) is 0 Å². The third-order valence-corrected chi connectivity index (χ3v) is 4.20. The first-order chi connectivity index (χ1) is 10.3. The molecule has 0 spiro atoms. The number of imidazole rings is 1. The molecule has 1 saturated heterocycles. The maximum absolute atomic E-state index is 6.36. The van der Waals surface area contributed by atoms with E-state index in [1.54, 1.807) is 12.5 Å². The summed E-state index contributed by atoms with van der Waals surface area (Å²) in [5.41, 5.74) is 2.61. The predicted octanol–water partition coefficient (Wildman–Crippen LogP) is 2.68. The third kappa shape index (κ3) is 2.09. The molecule has 6 heteroatoms. The number of nitrogens with one attached hydrogen (secondary N) is 1. The molecule has 2 aromatic heterocycles. The number of fused-ring (bicyclic) bond motifs is 1. The van der Waals surface area contributed by atoms with Crippen molar-refractivity contribution in [1.82, 2.24) is 24.8 Å². The minimum atomic E-state index is 0.344. The minimum absolute atomic E-state index is 0.344. The lowest BCUT2D eigenvalue weighted by Crippen LogP contribution is -2.14. The van der Waals surface area contributed by atoms with Crippen LogP contribution in [0.1, 0.15) is 12.5 Å². The zero-order chi connectivity index (χ0) is 14.2. The van der Waals surface area contributed by atoms with Crippen LogP contribution >= 0.6 is 11.6 Å². The zero-order valence-corrected chi connectivity index (χ0v) is 12.1. The van der Waals surface area contributed by atoms with Crippen LogP contribution < -0.4 is 5.32 Å². The van der Waals surface area contributed by atoms with Crippen LogP contribution in [0.3, 0.4) is 0 Å². The maximum Gasteiger partial charge on any atom is 0.163 e. The van der Waals surface area contributed by atoms with Gasteiger partial charge in [0.25, 0.3) is 0 Å². The Hall–Kier alpha value is -1.98. The SMILES string of the molecule is Clc1ccccc1-c1nc2cncnc2n1C1CCNC1. The summed E-state index contributed by atoms with van der Waals surface area (Å²) in [4.78, 5) is 13.2. The standard InChI is InChI=1S/C15H14ClN5/c16-12-4-2-1-3-11(12)14-20-13-8-18-9-19-15(13)21(14)10-5-6-17-7-10/h1-4,8-10,17H,5-7H2. The van der Waals surface area contributed by atoms with Gasteiger partial charge in [-0.15, -0.1) is 0 Å². The Balaban J connectivity index is 1.99. The fourth-order valence-electron chi connectivity index (χ4n) is 2.89. The van der Waals surface area contributed by atoms with Crippen molar-refractivity contribution in [3.05, 3.63) is 41.8 Å². The van der Waals surface area contributed by atoms with E-state index >= 15 is 0 Å². The summed E-state index contributed by atoms with van der Waals surface area (Å²) < 4.78 is 2.19. The molecule has 5 nitrogen and oxygen atoms in total. The average molecular weight is 300 g/mol. The van der Waals surface area contributed by atoms with Gasteiger partial charge in [0.2, 0.25) is 0 Å². The van der Waals surface area contributed by atoms with Crippen LogP contribution in [-0.4, -0.2) is 32.6 Å². The Kier molecular flexibility index (Phi) is 3.09. The Morgan fingerprint density at radius 1 is 1.29 bits per heavy atom. The van der Waals surface area contributed by atoms with Gasteiger partial charge in [-0.25, -0.2) is 15.0 Å². The Bertz CT molecular complexity index is 792. The van der Waals surface area contributed by atoms with Crippen LogP contribution in [0.25, 0.3) is 22.6 Å². The number of hydrogen-bond acceptors (Lipinski definition) is 4. The van der Waals surface area contributed by atoms with Gasteiger partial charge in [0.05, 0.1) is 17.3 Å². The molecule has 3 aromatic rings. The molecule has 1 aliphatic rings. The zero-order valence-electron chi connectivity index (χ0n) is 11.3. The second-order valence-electron chi connectivity index (χ2n) is 5.16. The fourth-order valence-corrected chi connectivity index (χ4v) is 3.11. The Labute approximate surface area is 127 Å². The average Bonchev–Trinajstić information content (AvgIpc) is 3.14. The molecule has 0 amide bonds. The van der Waals surface area contributed by atoms with Crippen molar-refractivity contribution in [1.29, 1.82) is 0 Å². The summed E-state index contributed by atoms with van der Waals surface area (Å²) in [6, 6.07) is 8.13. The predicted molar refractivity (Wildman–Crippen MR) is 82.3 cm³/mol. The highest BCUT2D eigenvalue weighted by Gasteiger charge is 2.24. The lowest BCUT2D eigenvalue weighted by molar-refractivity contribution is 0.563. The quantitative estimate of drug-likeness (QED) is 0.790. The Morgan fingerprint density at radius 2 is 2.19 bits per heavy atom. The van der Waals surface area contributed by atoms with Gasteiger partial charge in [-0.3, -0.25) is 0 Å². The van der Waals surface area contributed by atoms with E-state index in [4.69, 9.17) is 16.6 Å². The van der Waals surface area contributed by atoms with E-state index in [0.717, 1.165) is 42.1 Å². The van der Waals surface area contributed by atoms with E-state index in [-0.39, 0.29) is 0 Å². The molecule has 0 aliphatic carbocycles. The van der Waals surface area contributed by atoms with E-state index in [0.29, 0.717) is 11.1 Å². The molecule has 3 heterocycles. The summed E-state index contributed by atoms with van der Waals surface area (Å²) in [6.45, 7) is 1.93. The summed E-state index contributed by atoms with van der Waals surface area (Å²) in [7, 11) is 0. The monoisotopic (exact) mass is 299 g/mol. The largest absolute Gasteiger partial charge is 0.315 e. The minimum Gasteiger partial charge on any atom is -0.315 e. The normalized spacial score (nSPS) is 18.4. The Morgan fingerprint density at radius 3 is 3.00 bits per heavy atom. The first-order valence-corrected chi connectivity index (χ1v) is 7.36. The van der Waals surface area contributed by atoms with Crippen LogP contribution in [-0.2, 0) is 0 Å². The fraction of sp³-hybridized carbons (Fsp3) is 0.267. The van der Waals surface area contributed by atoms with Gasteiger partial charge < -0.3 is 9.88 Å². The van der Waals surface area contributed by atoms with Gasteiger partial charge in [0.15, 0.2) is 5.65 Å². The van der Waals surface area contributed by atoms with Crippen molar-refractivity contribution in [3.63, 3.8) is 0 Å². The van der Waals surface area contributed by atoms with Crippen LogP contribution in [0.15, 0.2) is 36.8 Å². The van der Waals surface area contributed by atoms with Gasteiger partial charge in [0.1, 0.15) is 17.7 Å². The number of rotatable bonds is 2. The molecule has 1 unspecified atom stereocenters. The summed E-state index contributed by atoms with van der Waals surface area (Å²) in [5.74, 6) is 0.866. The van der Waals surface area contributed by atoms with Gasteiger partial charge >= 0.3 is 0 Å². The molecule has 0 radical (unpaired) electrons. The molecular weight excluding hydrogens is 286 g/mol. The molecule has 4 rings (SSSR count). The van der Waals surface area contributed by atoms with Gasteiger partial charge in [-0.05, 0) is 25.1 Å². The molecule has 1 aliphatic heterocycles. The lowest BCUT2D eigenvalue weighted by atomic mass is 10.2. The van der Waals surface area contributed by atoms with Crippen molar-refractivity contribution in [2.45, 2.75) is 12.5 Å². The van der Waals surface area contributed by atoms with Crippen LogP contribution in [0.5, 0.6) is 0 Å². The number of aromatic nitrogens is 4. The molecule has 0 saturated carbocycles. The molecule has 1 fully saturated rings. The molecule has 106 valence electrons. The van der Waals surface area contributed by atoms with E-state index < -0.39 is 0 Å². The highest BCUT2D eigenvalue weighted by molar-refractivity contribution is 6.33. The number of hydrogen-bond donors (Lipinski definition) is 1. The van der Waals surface area contributed by atoms with Crippen molar-refractivity contribution < 1.29 is 0 Å². The van der Waals surface area contributed by atoms with Gasteiger partial charge in [0, 0.05) is 12.1 Å². The van der Waals surface area contributed by atoms with E-state index in [1.165, 1.54) is 0 Å². The van der Waals surface area contributed by atoms with Crippen molar-refractivity contribution in [3.8, 4) is 11.4 Å². The first-order valence-electron chi connectivity index (χ1n) is 6.98. The second kappa shape index (κ2) is 5.09. The van der Waals surface area contributed by atoms with Crippen LogP contribution in [0.4, 0.5) is 0 Å². The van der Waals surface area contributed by atoms with Gasteiger partial charge in [-0.1, -0.05) is 23.7 Å². The molecule has 21 heavy (non-hydrogen) atoms. The highest BCUT2D eigenvalue weighted by atomic mass is 35.5. The third-order valence-electron chi connectivity index (χ3n) is 3.87. The molecular formula is C15H14ClN5. The molecule has 1 N–H and O–H groups in total. The highest BCUT2D eigenvalue weighted by Crippen LogP contribution is 2.33. The summed E-state index contributed by atoms with van der Waals surface area (Å²) in [6.07, 6.45) is 4.38. The first kappa shape index (κ1) is 12.7. The molecule has 1 aromatic carbocycles. The smallest absolute Gasteiger partial charge is 0.163 e. The second-order valence-corrected chi connectivity index (χ2v) is 5.57. The topological polar surface area (TPSA) is 55.6 Å². The summed E-state index contributed by atoms with van der Waals surface area (Å²) >= 11 is 6.36. The van der Waals surface area contributed by atoms with Crippen LogP contribution in [0.2, 0.25) is 5.02 Å². The van der Waals surface area contributed by atoms with E-state index in [9.17, 15) is 0 Å². The maximum atomic E-state index is 6.36. The van der Waals surface area contributed by atoms with E-state index in [2.05, 4.69) is 19.9 Å². The number of benzene rings is 1. The van der Waals surface area contributed by atoms with Crippen LogP contribution in [0, 0.1) is 0 Å². The summed E-state index contributed by atoms with van der Waals surface area (Å²) in [5, 5.41) is 4.10. The number of nitrogens with zero attached hydrogens (tertiary/aromatic N) is 4. The van der Waals surface area contributed by atoms with E-state index in [1.807, 2.05) is 24.3 Å². The number of halogens is 1. The van der Waals surface area contributed by atoms with Crippen molar-refractivity contribution >= 4 is 22.8 Å². The lowest BCUT2D eigenvalue weighted by Gasteiger charge is -2.15.